The fourth-order valence-electron chi connectivity index (χ4n) is 1.40. The Morgan fingerprint density at radius 1 is 1.39 bits per heavy atom. The first-order valence-corrected chi connectivity index (χ1v) is 7.07. The van der Waals surface area contributed by atoms with Crippen LogP contribution in [0.15, 0.2) is 22.7 Å². The number of benzene rings is 1. The average Bonchev–Trinajstić information content (AvgIpc) is 2.29. The molecule has 18 heavy (non-hydrogen) atoms. The molecule has 0 radical (unpaired) electrons. The third-order valence-electron chi connectivity index (χ3n) is 3.69. The monoisotopic (exact) mass is 311 g/mol. The molecule has 0 fully saturated rings. The summed E-state index contributed by atoms with van der Waals surface area (Å²) in [5.41, 5.74) is 1.90. The standard InChI is InChI=1S/C15H22BrNO/c1-10(2)15(4,5)9-17-14(18)12-6-7-13(16)11(3)8-12/h6-8,10H,9H2,1-5H3,(H,17,18). The molecular formula is C15H22BrNO. The quantitative estimate of drug-likeness (QED) is 0.888. The van der Waals surface area contributed by atoms with Crippen LogP contribution in [0.5, 0.6) is 0 Å². The van der Waals surface area contributed by atoms with Gasteiger partial charge in [0.15, 0.2) is 0 Å². The van der Waals surface area contributed by atoms with Crippen LogP contribution in [-0.4, -0.2) is 12.5 Å². The second-order valence-corrected chi connectivity index (χ2v) is 6.64. The Morgan fingerprint density at radius 3 is 2.50 bits per heavy atom. The maximum absolute atomic E-state index is 12.1. The Morgan fingerprint density at radius 2 is 2.00 bits per heavy atom. The van der Waals surface area contributed by atoms with Crippen molar-refractivity contribution in [1.29, 1.82) is 0 Å². The number of nitrogens with one attached hydrogen (secondary N) is 1. The molecule has 1 amide bonds. The normalized spacial score (nSPS) is 11.7. The summed E-state index contributed by atoms with van der Waals surface area (Å²) in [5, 5.41) is 3.01. The van der Waals surface area contributed by atoms with Gasteiger partial charge in [-0.2, -0.15) is 0 Å². The number of aryl methyl sites for hydroxylation is 1. The van der Waals surface area contributed by atoms with Crippen LogP contribution >= 0.6 is 15.9 Å². The zero-order chi connectivity index (χ0) is 13.9. The molecule has 0 spiro atoms. The molecule has 0 unspecified atom stereocenters. The molecule has 0 saturated carbocycles. The van der Waals surface area contributed by atoms with E-state index in [0.717, 1.165) is 15.6 Å². The number of hydrogen-bond donors (Lipinski definition) is 1. The SMILES string of the molecule is Cc1cc(C(=O)NCC(C)(C)C(C)C)ccc1Br. The van der Waals surface area contributed by atoms with E-state index in [4.69, 9.17) is 0 Å². The topological polar surface area (TPSA) is 29.1 Å². The molecule has 1 N–H and O–H groups in total. The Hall–Kier alpha value is -0.830. The van der Waals surface area contributed by atoms with Gasteiger partial charge in [-0.3, -0.25) is 4.79 Å². The van der Waals surface area contributed by atoms with Crippen LogP contribution in [0, 0.1) is 18.3 Å². The van der Waals surface area contributed by atoms with Crippen LogP contribution < -0.4 is 5.32 Å². The fraction of sp³-hybridized carbons (Fsp3) is 0.533. The summed E-state index contributed by atoms with van der Waals surface area (Å²) < 4.78 is 1.03. The van der Waals surface area contributed by atoms with Gasteiger partial charge in [0.05, 0.1) is 0 Å². The molecule has 1 rings (SSSR count). The van der Waals surface area contributed by atoms with Crippen LogP contribution in [0.1, 0.15) is 43.6 Å². The molecule has 0 aromatic heterocycles. The molecule has 0 heterocycles. The number of rotatable bonds is 4. The summed E-state index contributed by atoms with van der Waals surface area (Å²) in [6, 6.07) is 5.66. The highest BCUT2D eigenvalue weighted by Gasteiger charge is 2.23. The second-order valence-electron chi connectivity index (χ2n) is 5.79. The van der Waals surface area contributed by atoms with E-state index in [1.165, 1.54) is 0 Å². The van der Waals surface area contributed by atoms with E-state index < -0.39 is 0 Å². The zero-order valence-corrected chi connectivity index (χ0v) is 13.4. The summed E-state index contributed by atoms with van der Waals surface area (Å²) in [6.07, 6.45) is 0. The molecule has 1 aromatic carbocycles. The lowest BCUT2D eigenvalue weighted by Crippen LogP contribution is -2.36. The van der Waals surface area contributed by atoms with Crippen LogP contribution in [0.3, 0.4) is 0 Å². The Bertz CT molecular complexity index is 438. The predicted octanol–water partition coefficient (Wildman–Crippen LogP) is 4.17. The predicted molar refractivity (Wildman–Crippen MR) is 79.8 cm³/mol. The van der Waals surface area contributed by atoms with Crippen molar-refractivity contribution in [2.24, 2.45) is 11.3 Å². The van der Waals surface area contributed by atoms with Gasteiger partial charge >= 0.3 is 0 Å². The summed E-state index contributed by atoms with van der Waals surface area (Å²) in [4.78, 5) is 12.1. The number of halogens is 1. The van der Waals surface area contributed by atoms with Gasteiger partial charge in [0.25, 0.3) is 5.91 Å². The molecule has 3 heteroatoms. The highest BCUT2D eigenvalue weighted by atomic mass is 79.9. The molecule has 2 nitrogen and oxygen atoms in total. The van der Waals surface area contributed by atoms with Gasteiger partial charge in [-0.25, -0.2) is 0 Å². The van der Waals surface area contributed by atoms with Crippen LogP contribution in [-0.2, 0) is 0 Å². The van der Waals surface area contributed by atoms with Gasteiger partial charge in [0.1, 0.15) is 0 Å². The first kappa shape index (κ1) is 15.2. The smallest absolute Gasteiger partial charge is 0.251 e. The van der Waals surface area contributed by atoms with Crippen molar-refractivity contribution < 1.29 is 4.79 Å². The lowest BCUT2D eigenvalue weighted by atomic mass is 9.81. The lowest BCUT2D eigenvalue weighted by molar-refractivity contribution is 0.0924. The van der Waals surface area contributed by atoms with Crippen molar-refractivity contribution >= 4 is 21.8 Å². The van der Waals surface area contributed by atoms with Gasteiger partial charge in [-0.1, -0.05) is 43.6 Å². The maximum atomic E-state index is 12.1. The zero-order valence-electron chi connectivity index (χ0n) is 11.8. The minimum absolute atomic E-state index is 0.000625. The summed E-state index contributed by atoms with van der Waals surface area (Å²) in [5.74, 6) is 0.531. The number of amides is 1. The van der Waals surface area contributed by atoms with E-state index in [1.807, 2.05) is 25.1 Å². The van der Waals surface area contributed by atoms with Gasteiger partial charge in [0.2, 0.25) is 0 Å². The molecule has 0 aliphatic rings. The largest absolute Gasteiger partial charge is 0.351 e. The molecule has 0 saturated heterocycles. The van der Waals surface area contributed by atoms with Gasteiger partial charge in [-0.15, -0.1) is 0 Å². The first-order chi connectivity index (χ1) is 8.24. The molecule has 0 aliphatic heterocycles. The van der Waals surface area contributed by atoms with Gasteiger partial charge in [0, 0.05) is 16.6 Å². The Kier molecular flexibility index (Phi) is 4.97. The van der Waals surface area contributed by atoms with Crippen LogP contribution in [0.4, 0.5) is 0 Å². The van der Waals surface area contributed by atoms with E-state index >= 15 is 0 Å². The lowest BCUT2D eigenvalue weighted by Gasteiger charge is -2.29. The third kappa shape index (κ3) is 3.84. The van der Waals surface area contributed by atoms with Crippen molar-refractivity contribution in [3.8, 4) is 0 Å². The summed E-state index contributed by atoms with van der Waals surface area (Å²) >= 11 is 3.44. The van der Waals surface area contributed by atoms with E-state index in [9.17, 15) is 4.79 Å². The van der Waals surface area contributed by atoms with Crippen molar-refractivity contribution in [2.45, 2.75) is 34.6 Å². The van der Waals surface area contributed by atoms with E-state index in [1.54, 1.807) is 0 Å². The molecule has 0 aliphatic carbocycles. The fourth-order valence-corrected chi connectivity index (χ4v) is 1.65. The second kappa shape index (κ2) is 5.87. The molecular weight excluding hydrogens is 290 g/mol. The van der Waals surface area contributed by atoms with Crippen LogP contribution in [0.2, 0.25) is 0 Å². The number of carbonyl (C=O) groups excluding carboxylic acids is 1. The first-order valence-electron chi connectivity index (χ1n) is 6.28. The van der Waals surface area contributed by atoms with Crippen molar-refractivity contribution in [1.82, 2.24) is 5.32 Å². The number of hydrogen-bond acceptors (Lipinski definition) is 1. The summed E-state index contributed by atoms with van der Waals surface area (Å²) in [7, 11) is 0. The molecule has 0 atom stereocenters. The van der Waals surface area contributed by atoms with Gasteiger partial charge < -0.3 is 5.32 Å². The highest BCUT2D eigenvalue weighted by molar-refractivity contribution is 9.10. The van der Waals surface area contributed by atoms with Crippen molar-refractivity contribution in [2.75, 3.05) is 6.54 Å². The average molecular weight is 312 g/mol. The molecule has 100 valence electrons. The maximum Gasteiger partial charge on any atom is 0.251 e. The van der Waals surface area contributed by atoms with E-state index in [2.05, 4.69) is 48.9 Å². The minimum atomic E-state index is -0.000625. The Labute approximate surface area is 118 Å². The Balaban J connectivity index is 2.69. The van der Waals surface area contributed by atoms with E-state index in [-0.39, 0.29) is 11.3 Å². The van der Waals surface area contributed by atoms with Crippen LogP contribution in [0.25, 0.3) is 0 Å². The van der Waals surface area contributed by atoms with Crippen molar-refractivity contribution in [3.63, 3.8) is 0 Å². The summed E-state index contributed by atoms with van der Waals surface area (Å²) in [6.45, 7) is 11.4. The third-order valence-corrected chi connectivity index (χ3v) is 4.58. The minimum Gasteiger partial charge on any atom is -0.351 e. The number of carbonyl (C=O) groups is 1. The molecule has 1 aromatic rings. The molecule has 0 bridgehead atoms. The highest BCUT2D eigenvalue weighted by Crippen LogP contribution is 2.25. The van der Waals surface area contributed by atoms with Crippen molar-refractivity contribution in [3.05, 3.63) is 33.8 Å². The van der Waals surface area contributed by atoms with Gasteiger partial charge in [-0.05, 0) is 42.0 Å². The van der Waals surface area contributed by atoms with E-state index in [0.29, 0.717) is 12.5 Å².